The molecule has 0 aromatic heterocycles. The number of carboxylic acid groups (broad SMARTS) is 1. The maximum atomic E-state index is 11.0. The molecule has 1 aromatic rings. The average molecular weight is 258 g/mol. The van der Waals surface area contributed by atoms with Gasteiger partial charge in [0.25, 0.3) is 0 Å². The molecule has 3 nitrogen and oxygen atoms in total. The van der Waals surface area contributed by atoms with Crippen LogP contribution >= 0.6 is 15.9 Å². The minimum absolute atomic E-state index is 0.580. The standard InChI is InChI=1S/C10H12BrNO2/c1-12(2)9(10(13)14)7-3-5-8(11)6-4-7/h3-6,9H,1-2H3,(H,13,14)/t9-/m0/s1. The van der Waals surface area contributed by atoms with Crippen LogP contribution < -0.4 is 0 Å². The van der Waals surface area contributed by atoms with Crippen molar-refractivity contribution in [3.8, 4) is 0 Å². The van der Waals surface area contributed by atoms with E-state index in [2.05, 4.69) is 15.9 Å². The summed E-state index contributed by atoms with van der Waals surface area (Å²) in [5, 5.41) is 9.01. The molecular formula is C10H12BrNO2. The van der Waals surface area contributed by atoms with Crippen molar-refractivity contribution < 1.29 is 9.90 Å². The molecular weight excluding hydrogens is 246 g/mol. The van der Waals surface area contributed by atoms with Crippen molar-refractivity contribution in [2.24, 2.45) is 0 Å². The van der Waals surface area contributed by atoms with Crippen molar-refractivity contribution in [3.63, 3.8) is 0 Å². The summed E-state index contributed by atoms with van der Waals surface area (Å²) in [6.07, 6.45) is 0. The van der Waals surface area contributed by atoms with E-state index in [4.69, 9.17) is 5.11 Å². The Morgan fingerprint density at radius 3 is 2.21 bits per heavy atom. The van der Waals surface area contributed by atoms with Crippen LogP contribution in [0.2, 0.25) is 0 Å². The van der Waals surface area contributed by atoms with E-state index in [1.807, 2.05) is 24.3 Å². The molecule has 0 fully saturated rings. The lowest BCUT2D eigenvalue weighted by molar-refractivity contribution is -0.142. The van der Waals surface area contributed by atoms with E-state index < -0.39 is 12.0 Å². The zero-order valence-electron chi connectivity index (χ0n) is 8.07. The molecule has 0 heterocycles. The van der Waals surface area contributed by atoms with Crippen molar-refractivity contribution in [1.29, 1.82) is 0 Å². The highest BCUT2D eigenvalue weighted by molar-refractivity contribution is 9.10. The molecule has 0 unspecified atom stereocenters. The first kappa shape index (κ1) is 11.2. The van der Waals surface area contributed by atoms with Crippen LogP contribution in [0.1, 0.15) is 11.6 Å². The number of hydrogen-bond acceptors (Lipinski definition) is 2. The van der Waals surface area contributed by atoms with Crippen LogP contribution in [0, 0.1) is 0 Å². The minimum atomic E-state index is -0.836. The molecule has 0 aliphatic rings. The van der Waals surface area contributed by atoms with Gasteiger partial charge in [0.2, 0.25) is 0 Å². The Kier molecular flexibility index (Phi) is 3.66. The number of rotatable bonds is 3. The summed E-state index contributed by atoms with van der Waals surface area (Å²) in [5.41, 5.74) is 0.783. The lowest BCUT2D eigenvalue weighted by Gasteiger charge is -2.20. The second-order valence-corrected chi connectivity index (χ2v) is 4.17. The highest BCUT2D eigenvalue weighted by atomic mass is 79.9. The second-order valence-electron chi connectivity index (χ2n) is 3.26. The molecule has 1 atom stereocenters. The molecule has 1 rings (SSSR count). The number of aliphatic carboxylic acids is 1. The molecule has 0 aliphatic heterocycles. The maximum absolute atomic E-state index is 11.0. The van der Waals surface area contributed by atoms with Gasteiger partial charge in [-0.2, -0.15) is 0 Å². The highest BCUT2D eigenvalue weighted by Crippen LogP contribution is 2.20. The molecule has 0 amide bonds. The predicted molar refractivity (Wildman–Crippen MR) is 58.2 cm³/mol. The molecule has 0 radical (unpaired) electrons. The third-order valence-electron chi connectivity index (χ3n) is 1.94. The van der Waals surface area contributed by atoms with Gasteiger partial charge in [-0.3, -0.25) is 9.69 Å². The van der Waals surface area contributed by atoms with Gasteiger partial charge in [-0.25, -0.2) is 0 Å². The zero-order valence-corrected chi connectivity index (χ0v) is 9.65. The van der Waals surface area contributed by atoms with Gasteiger partial charge in [0.1, 0.15) is 6.04 Å². The average Bonchev–Trinajstić information content (AvgIpc) is 2.07. The van der Waals surface area contributed by atoms with Crippen LogP contribution in [0.25, 0.3) is 0 Å². The number of halogens is 1. The largest absolute Gasteiger partial charge is 0.480 e. The number of hydrogen-bond donors (Lipinski definition) is 1. The summed E-state index contributed by atoms with van der Waals surface area (Å²) in [6, 6.07) is 6.72. The first-order valence-corrected chi connectivity index (χ1v) is 4.96. The predicted octanol–water partition coefficient (Wildman–Crippen LogP) is 2.14. The fourth-order valence-electron chi connectivity index (χ4n) is 1.31. The summed E-state index contributed by atoms with van der Waals surface area (Å²) in [4.78, 5) is 12.6. The SMILES string of the molecule is CN(C)[C@H](C(=O)O)c1ccc(Br)cc1. The van der Waals surface area contributed by atoms with E-state index in [0.29, 0.717) is 0 Å². The fraction of sp³-hybridized carbons (Fsp3) is 0.300. The Labute approximate surface area is 91.5 Å². The Hall–Kier alpha value is -0.870. The Balaban J connectivity index is 3.00. The molecule has 14 heavy (non-hydrogen) atoms. The molecule has 0 aliphatic carbocycles. The van der Waals surface area contributed by atoms with Crippen LogP contribution in [0.5, 0.6) is 0 Å². The van der Waals surface area contributed by atoms with Gasteiger partial charge in [0.05, 0.1) is 0 Å². The number of likely N-dealkylation sites (N-methyl/N-ethyl adjacent to an activating group) is 1. The highest BCUT2D eigenvalue weighted by Gasteiger charge is 2.21. The summed E-state index contributed by atoms with van der Waals surface area (Å²) >= 11 is 3.31. The van der Waals surface area contributed by atoms with Gasteiger partial charge in [0, 0.05) is 4.47 Å². The van der Waals surface area contributed by atoms with Gasteiger partial charge in [0.15, 0.2) is 0 Å². The Morgan fingerprint density at radius 2 is 1.86 bits per heavy atom. The Morgan fingerprint density at radius 1 is 1.36 bits per heavy atom. The van der Waals surface area contributed by atoms with Gasteiger partial charge in [-0.05, 0) is 31.8 Å². The van der Waals surface area contributed by atoms with E-state index in [-0.39, 0.29) is 0 Å². The Bertz CT molecular complexity index is 321. The van der Waals surface area contributed by atoms with Gasteiger partial charge in [-0.15, -0.1) is 0 Å². The molecule has 0 saturated heterocycles. The number of carboxylic acids is 1. The van der Waals surface area contributed by atoms with Crippen molar-refractivity contribution >= 4 is 21.9 Å². The van der Waals surface area contributed by atoms with Crippen molar-refractivity contribution in [2.75, 3.05) is 14.1 Å². The van der Waals surface area contributed by atoms with Gasteiger partial charge >= 0.3 is 5.97 Å². The van der Waals surface area contributed by atoms with E-state index in [1.54, 1.807) is 19.0 Å². The van der Waals surface area contributed by atoms with Crippen molar-refractivity contribution in [1.82, 2.24) is 4.90 Å². The molecule has 76 valence electrons. The van der Waals surface area contributed by atoms with Crippen LogP contribution in [0.3, 0.4) is 0 Å². The van der Waals surface area contributed by atoms with Gasteiger partial charge < -0.3 is 5.11 Å². The number of benzene rings is 1. The normalized spacial score (nSPS) is 12.9. The molecule has 4 heteroatoms. The summed E-state index contributed by atoms with van der Waals surface area (Å²) < 4.78 is 0.948. The zero-order chi connectivity index (χ0) is 10.7. The quantitative estimate of drug-likeness (QED) is 0.902. The smallest absolute Gasteiger partial charge is 0.325 e. The third-order valence-corrected chi connectivity index (χ3v) is 2.46. The summed E-state index contributed by atoms with van der Waals surface area (Å²) in [5.74, 6) is -0.836. The van der Waals surface area contributed by atoms with Gasteiger partial charge in [-0.1, -0.05) is 28.1 Å². The van der Waals surface area contributed by atoms with Crippen LogP contribution in [0.15, 0.2) is 28.7 Å². The van der Waals surface area contributed by atoms with E-state index in [9.17, 15) is 4.79 Å². The van der Waals surface area contributed by atoms with Crippen LogP contribution in [0.4, 0.5) is 0 Å². The first-order chi connectivity index (χ1) is 6.52. The molecule has 0 saturated carbocycles. The molecule has 1 aromatic carbocycles. The second kappa shape index (κ2) is 4.57. The van der Waals surface area contributed by atoms with Crippen LogP contribution in [-0.2, 0) is 4.79 Å². The molecule has 0 spiro atoms. The summed E-state index contributed by atoms with van der Waals surface area (Å²) in [7, 11) is 3.50. The lowest BCUT2D eigenvalue weighted by Crippen LogP contribution is -2.27. The maximum Gasteiger partial charge on any atom is 0.325 e. The van der Waals surface area contributed by atoms with E-state index in [0.717, 1.165) is 10.0 Å². The van der Waals surface area contributed by atoms with Crippen LogP contribution in [-0.4, -0.2) is 30.1 Å². The van der Waals surface area contributed by atoms with E-state index in [1.165, 1.54) is 0 Å². The molecule has 0 bridgehead atoms. The third kappa shape index (κ3) is 2.56. The summed E-state index contributed by atoms with van der Waals surface area (Å²) in [6.45, 7) is 0. The topological polar surface area (TPSA) is 40.5 Å². The lowest BCUT2D eigenvalue weighted by atomic mass is 10.1. The monoisotopic (exact) mass is 257 g/mol. The number of carbonyl (C=O) groups is 1. The number of nitrogens with zero attached hydrogens (tertiary/aromatic N) is 1. The molecule has 1 N–H and O–H groups in total. The van der Waals surface area contributed by atoms with Crippen molar-refractivity contribution in [2.45, 2.75) is 6.04 Å². The fourth-order valence-corrected chi connectivity index (χ4v) is 1.57. The van der Waals surface area contributed by atoms with Crippen molar-refractivity contribution in [3.05, 3.63) is 34.3 Å². The minimum Gasteiger partial charge on any atom is -0.480 e. The van der Waals surface area contributed by atoms with E-state index >= 15 is 0 Å². The first-order valence-electron chi connectivity index (χ1n) is 4.17.